The standard InChI is InChI=1S/C14H19N5O2/c1-2-11-16-17-12(20-11)8-19-7-3-4-10(19)13-15-14(21-18-13)9-5-6-9/h9-10H,2-8H2,1H3. The van der Waals surface area contributed by atoms with Crippen LogP contribution in [0.25, 0.3) is 0 Å². The molecule has 21 heavy (non-hydrogen) atoms. The third-order valence-corrected chi connectivity index (χ3v) is 4.20. The molecule has 2 aromatic rings. The molecule has 0 aromatic carbocycles. The first-order valence-electron chi connectivity index (χ1n) is 7.72. The molecule has 3 heterocycles. The number of aryl methyl sites for hydroxylation is 1. The van der Waals surface area contributed by atoms with Crippen molar-refractivity contribution in [2.75, 3.05) is 6.54 Å². The topological polar surface area (TPSA) is 81.1 Å². The van der Waals surface area contributed by atoms with Crippen molar-refractivity contribution in [1.29, 1.82) is 0 Å². The molecule has 2 aromatic heterocycles. The van der Waals surface area contributed by atoms with Gasteiger partial charge in [0, 0.05) is 12.3 Å². The second-order valence-electron chi connectivity index (χ2n) is 5.84. The van der Waals surface area contributed by atoms with Crippen LogP contribution in [0.2, 0.25) is 0 Å². The number of hydrogen-bond acceptors (Lipinski definition) is 7. The van der Waals surface area contributed by atoms with Crippen LogP contribution in [0.15, 0.2) is 8.94 Å². The van der Waals surface area contributed by atoms with Crippen molar-refractivity contribution >= 4 is 0 Å². The summed E-state index contributed by atoms with van der Waals surface area (Å²) in [5.41, 5.74) is 0. The lowest BCUT2D eigenvalue weighted by Crippen LogP contribution is -2.23. The van der Waals surface area contributed by atoms with Gasteiger partial charge in [-0.3, -0.25) is 4.90 Å². The first-order valence-corrected chi connectivity index (χ1v) is 7.72. The Kier molecular flexibility index (Phi) is 3.21. The minimum Gasteiger partial charge on any atom is -0.424 e. The highest BCUT2D eigenvalue weighted by Gasteiger charge is 2.34. The van der Waals surface area contributed by atoms with E-state index in [9.17, 15) is 0 Å². The van der Waals surface area contributed by atoms with E-state index in [-0.39, 0.29) is 6.04 Å². The van der Waals surface area contributed by atoms with Gasteiger partial charge in [0.05, 0.1) is 12.6 Å². The van der Waals surface area contributed by atoms with E-state index in [4.69, 9.17) is 8.94 Å². The summed E-state index contributed by atoms with van der Waals surface area (Å²) in [6.45, 7) is 3.67. The van der Waals surface area contributed by atoms with Crippen molar-refractivity contribution in [2.24, 2.45) is 0 Å². The molecule has 4 rings (SSSR count). The summed E-state index contributed by atoms with van der Waals surface area (Å²) < 4.78 is 11.0. The Bertz CT molecular complexity index is 618. The highest BCUT2D eigenvalue weighted by Crippen LogP contribution is 2.40. The van der Waals surface area contributed by atoms with Gasteiger partial charge in [0.2, 0.25) is 17.7 Å². The molecule has 7 nitrogen and oxygen atoms in total. The second-order valence-corrected chi connectivity index (χ2v) is 5.84. The summed E-state index contributed by atoms with van der Waals surface area (Å²) in [5, 5.41) is 12.3. The van der Waals surface area contributed by atoms with Gasteiger partial charge < -0.3 is 8.94 Å². The first kappa shape index (κ1) is 12.9. The molecule has 2 fully saturated rings. The van der Waals surface area contributed by atoms with E-state index in [1.165, 1.54) is 12.8 Å². The van der Waals surface area contributed by atoms with Crippen LogP contribution in [0, 0.1) is 0 Å². The van der Waals surface area contributed by atoms with E-state index in [1.807, 2.05) is 6.92 Å². The van der Waals surface area contributed by atoms with Crippen LogP contribution in [0.5, 0.6) is 0 Å². The van der Waals surface area contributed by atoms with Crippen molar-refractivity contribution in [2.45, 2.75) is 57.5 Å². The molecule has 1 saturated heterocycles. The molecule has 0 N–H and O–H groups in total. The average Bonchev–Trinajstić information content (AvgIpc) is 2.95. The van der Waals surface area contributed by atoms with Gasteiger partial charge in [0.15, 0.2) is 5.82 Å². The Labute approximate surface area is 122 Å². The Balaban J connectivity index is 1.48. The molecule has 2 aliphatic rings. The largest absolute Gasteiger partial charge is 0.424 e. The molecule has 1 atom stereocenters. The van der Waals surface area contributed by atoms with Gasteiger partial charge in [-0.1, -0.05) is 12.1 Å². The van der Waals surface area contributed by atoms with E-state index in [2.05, 4.69) is 25.2 Å². The van der Waals surface area contributed by atoms with Gasteiger partial charge in [-0.05, 0) is 32.2 Å². The van der Waals surface area contributed by atoms with Gasteiger partial charge in [0.25, 0.3) is 0 Å². The van der Waals surface area contributed by atoms with Gasteiger partial charge in [-0.15, -0.1) is 10.2 Å². The third-order valence-electron chi connectivity index (χ3n) is 4.20. The Hall–Kier alpha value is -1.76. The second kappa shape index (κ2) is 5.22. The molecule has 0 bridgehead atoms. The third kappa shape index (κ3) is 2.57. The summed E-state index contributed by atoms with van der Waals surface area (Å²) in [6, 6.07) is 0.207. The average molecular weight is 289 g/mol. The highest BCUT2D eigenvalue weighted by atomic mass is 16.5. The first-order chi connectivity index (χ1) is 10.3. The van der Waals surface area contributed by atoms with Crippen molar-refractivity contribution in [3.63, 3.8) is 0 Å². The summed E-state index contributed by atoms with van der Waals surface area (Å²) in [6.07, 6.45) is 5.31. The zero-order chi connectivity index (χ0) is 14.2. The molecule has 0 amide bonds. The number of hydrogen-bond donors (Lipinski definition) is 0. The predicted octanol–water partition coefficient (Wildman–Crippen LogP) is 2.23. The molecule has 1 saturated carbocycles. The number of rotatable bonds is 5. The van der Waals surface area contributed by atoms with Gasteiger partial charge >= 0.3 is 0 Å². The van der Waals surface area contributed by atoms with Crippen LogP contribution >= 0.6 is 0 Å². The number of likely N-dealkylation sites (tertiary alicyclic amines) is 1. The molecule has 0 spiro atoms. The fourth-order valence-corrected chi connectivity index (χ4v) is 2.86. The van der Waals surface area contributed by atoms with E-state index in [1.54, 1.807) is 0 Å². The Morgan fingerprint density at radius 2 is 2.05 bits per heavy atom. The van der Waals surface area contributed by atoms with Crippen LogP contribution < -0.4 is 0 Å². The van der Waals surface area contributed by atoms with E-state index in [0.29, 0.717) is 24.2 Å². The normalized spacial score (nSPS) is 23.0. The van der Waals surface area contributed by atoms with Crippen molar-refractivity contribution in [3.05, 3.63) is 23.5 Å². The summed E-state index contributed by atoms with van der Waals surface area (Å²) in [4.78, 5) is 6.88. The van der Waals surface area contributed by atoms with Crippen molar-refractivity contribution in [1.82, 2.24) is 25.2 Å². The fraction of sp³-hybridized carbons (Fsp3) is 0.714. The quantitative estimate of drug-likeness (QED) is 0.834. The molecule has 7 heteroatoms. The molecule has 1 unspecified atom stereocenters. The van der Waals surface area contributed by atoms with Crippen LogP contribution in [0.1, 0.15) is 68.1 Å². The molecule has 1 aliphatic heterocycles. The van der Waals surface area contributed by atoms with E-state index < -0.39 is 0 Å². The summed E-state index contributed by atoms with van der Waals surface area (Å²) in [7, 11) is 0. The predicted molar refractivity (Wildman–Crippen MR) is 72.3 cm³/mol. The van der Waals surface area contributed by atoms with Gasteiger partial charge in [0.1, 0.15) is 0 Å². The Morgan fingerprint density at radius 3 is 2.81 bits per heavy atom. The van der Waals surface area contributed by atoms with Crippen LogP contribution in [-0.4, -0.2) is 31.8 Å². The van der Waals surface area contributed by atoms with Gasteiger partial charge in [-0.25, -0.2) is 0 Å². The highest BCUT2D eigenvalue weighted by molar-refractivity contribution is 5.05. The SMILES string of the molecule is CCc1nnc(CN2CCCC2c2noc(C3CC3)n2)o1. The van der Waals surface area contributed by atoms with Crippen LogP contribution in [-0.2, 0) is 13.0 Å². The summed E-state index contributed by atoms with van der Waals surface area (Å²) >= 11 is 0. The molecule has 0 radical (unpaired) electrons. The minimum atomic E-state index is 0.207. The van der Waals surface area contributed by atoms with E-state index in [0.717, 1.165) is 37.5 Å². The maximum absolute atomic E-state index is 5.60. The zero-order valence-corrected chi connectivity index (χ0v) is 12.2. The minimum absolute atomic E-state index is 0.207. The number of aromatic nitrogens is 4. The van der Waals surface area contributed by atoms with E-state index >= 15 is 0 Å². The Morgan fingerprint density at radius 1 is 1.19 bits per heavy atom. The van der Waals surface area contributed by atoms with Crippen molar-refractivity contribution < 1.29 is 8.94 Å². The lowest BCUT2D eigenvalue weighted by atomic mass is 10.2. The van der Waals surface area contributed by atoms with Crippen LogP contribution in [0.3, 0.4) is 0 Å². The lowest BCUT2D eigenvalue weighted by Gasteiger charge is -2.19. The van der Waals surface area contributed by atoms with Gasteiger partial charge in [-0.2, -0.15) is 4.98 Å². The maximum Gasteiger partial charge on any atom is 0.230 e. The number of nitrogens with zero attached hydrogens (tertiary/aromatic N) is 5. The molecule has 1 aliphatic carbocycles. The summed E-state index contributed by atoms with van der Waals surface area (Å²) in [5.74, 6) is 3.48. The zero-order valence-electron chi connectivity index (χ0n) is 12.2. The molecule has 112 valence electrons. The maximum atomic E-state index is 5.60. The van der Waals surface area contributed by atoms with Crippen molar-refractivity contribution in [3.8, 4) is 0 Å². The monoisotopic (exact) mass is 289 g/mol. The smallest absolute Gasteiger partial charge is 0.230 e. The lowest BCUT2D eigenvalue weighted by molar-refractivity contribution is 0.210. The van der Waals surface area contributed by atoms with Crippen LogP contribution in [0.4, 0.5) is 0 Å². The molecular weight excluding hydrogens is 270 g/mol. The fourth-order valence-electron chi connectivity index (χ4n) is 2.86. The molecular formula is C14H19N5O2.